The van der Waals surface area contributed by atoms with E-state index in [9.17, 15) is 4.79 Å². The van der Waals surface area contributed by atoms with E-state index in [2.05, 4.69) is 57.2 Å². The molecule has 2 nitrogen and oxygen atoms in total. The average molecular weight is 352 g/mol. The van der Waals surface area contributed by atoms with Crippen LogP contribution in [0.15, 0.2) is 58.7 Å². The first-order chi connectivity index (χ1) is 11.9. The van der Waals surface area contributed by atoms with Crippen LogP contribution in [0.4, 0.5) is 0 Å². The van der Waals surface area contributed by atoms with E-state index < -0.39 is 0 Å². The lowest BCUT2D eigenvalue weighted by Gasteiger charge is -2.11. The van der Waals surface area contributed by atoms with Crippen LogP contribution in [0.1, 0.15) is 44.1 Å². The van der Waals surface area contributed by atoms with Gasteiger partial charge in [-0.2, -0.15) is 0 Å². The van der Waals surface area contributed by atoms with E-state index >= 15 is 0 Å². The van der Waals surface area contributed by atoms with Crippen LogP contribution in [-0.4, -0.2) is 10.9 Å². The smallest absolute Gasteiger partial charge is 0.215 e. The molecule has 2 aliphatic rings. The topological polar surface area (TPSA) is 30.2 Å². The first-order valence-corrected chi connectivity index (χ1v) is 9.91. The van der Waals surface area contributed by atoms with Crippen molar-refractivity contribution < 1.29 is 9.21 Å². The SMILES string of the molecule is CC1(C)[C@H](/C=C2\CCSC2=O)[C@@]1(C)c1coc(Cc2ccccc2)c1. The van der Waals surface area contributed by atoms with Gasteiger partial charge in [0.25, 0.3) is 0 Å². The highest BCUT2D eigenvalue weighted by Crippen LogP contribution is 2.70. The van der Waals surface area contributed by atoms with Crippen LogP contribution in [0.25, 0.3) is 0 Å². The molecule has 1 saturated carbocycles. The molecule has 2 fully saturated rings. The Morgan fingerprint density at radius 1 is 1.24 bits per heavy atom. The Morgan fingerprint density at radius 3 is 2.68 bits per heavy atom. The van der Waals surface area contributed by atoms with Gasteiger partial charge in [-0.1, -0.05) is 68.9 Å². The third-order valence-corrected chi connectivity index (χ3v) is 7.30. The van der Waals surface area contributed by atoms with Crippen LogP contribution in [-0.2, 0) is 16.6 Å². The van der Waals surface area contributed by atoms with Crippen molar-refractivity contribution in [3.8, 4) is 0 Å². The van der Waals surface area contributed by atoms with E-state index in [0.29, 0.717) is 5.92 Å². The predicted octanol–water partition coefficient (Wildman–Crippen LogP) is 5.37. The van der Waals surface area contributed by atoms with Crippen LogP contribution in [0.3, 0.4) is 0 Å². The maximum Gasteiger partial charge on any atom is 0.215 e. The third kappa shape index (κ3) is 2.69. The summed E-state index contributed by atoms with van der Waals surface area (Å²) in [6.07, 6.45) is 5.89. The zero-order valence-electron chi connectivity index (χ0n) is 15.0. The summed E-state index contributed by atoms with van der Waals surface area (Å²) in [5.41, 5.74) is 3.70. The van der Waals surface area contributed by atoms with Gasteiger partial charge in [-0.25, -0.2) is 0 Å². The van der Waals surface area contributed by atoms with Crippen LogP contribution in [0.5, 0.6) is 0 Å². The van der Waals surface area contributed by atoms with E-state index in [1.54, 1.807) is 0 Å². The number of allylic oxidation sites excluding steroid dienone is 1. The Balaban J connectivity index is 1.58. The number of hydrogen-bond acceptors (Lipinski definition) is 3. The summed E-state index contributed by atoms with van der Waals surface area (Å²) >= 11 is 1.45. The first kappa shape index (κ1) is 16.7. The molecule has 4 rings (SSSR count). The predicted molar refractivity (Wildman–Crippen MR) is 103 cm³/mol. The van der Waals surface area contributed by atoms with Gasteiger partial charge < -0.3 is 4.42 Å². The van der Waals surface area contributed by atoms with Crippen LogP contribution in [0.2, 0.25) is 0 Å². The molecule has 1 saturated heterocycles. The summed E-state index contributed by atoms with van der Waals surface area (Å²) in [5, 5.41) is 0.266. The van der Waals surface area contributed by atoms with Gasteiger partial charge in [0, 0.05) is 23.2 Å². The minimum Gasteiger partial charge on any atom is -0.469 e. The number of carbonyl (C=O) groups is 1. The number of thioether (sulfide) groups is 1. The Morgan fingerprint density at radius 2 is 2.00 bits per heavy atom. The van der Waals surface area contributed by atoms with Gasteiger partial charge in [-0.15, -0.1) is 0 Å². The van der Waals surface area contributed by atoms with Crippen molar-refractivity contribution in [2.24, 2.45) is 11.3 Å². The van der Waals surface area contributed by atoms with E-state index in [4.69, 9.17) is 4.42 Å². The molecule has 130 valence electrons. The van der Waals surface area contributed by atoms with Gasteiger partial charge in [0.1, 0.15) is 5.76 Å². The van der Waals surface area contributed by atoms with Gasteiger partial charge in [0.05, 0.1) is 6.26 Å². The highest BCUT2D eigenvalue weighted by Gasteiger charge is 2.68. The summed E-state index contributed by atoms with van der Waals surface area (Å²) in [4.78, 5) is 12.0. The van der Waals surface area contributed by atoms with Crippen LogP contribution < -0.4 is 0 Å². The maximum absolute atomic E-state index is 12.0. The highest BCUT2D eigenvalue weighted by molar-refractivity contribution is 8.14. The van der Waals surface area contributed by atoms with E-state index in [-0.39, 0.29) is 15.9 Å². The molecule has 1 aromatic carbocycles. The molecular weight excluding hydrogens is 328 g/mol. The molecule has 1 aliphatic carbocycles. The molecular formula is C22H24O2S. The number of benzene rings is 1. The van der Waals surface area contributed by atoms with Crippen molar-refractivity contribution in [3.63, 3.8) is 0 Å². The fourth-order valence-electron chi connectivity index (χ4n) is 4.30. The van der Waals surface area contributed by atoms with Crippen molar-refractivity contribution in [3.05, 3.63) is 71.2 Å². The Hall–Kier alpha value is -1.74. The summed E-state index contributed by atoms with van der Waals surface area (Å²) < 4.78 is 5.88. The van der Waals surface area contributed by atoms with Gasteiger partial charge in [-0.05, 0) is 34.9 Å². The zero-order chi connectivity index (χ0) is 17.7. The molecule has 0 bridgehead atoms. The minimum atomic E-state index is 0.0337. The summed E-state index contributed by atoms with van der Waals surface area (Å²) in [6, 6.07) is 12.6. The second-order valence-electron chi connectivity index (χ2n) is 7.94. The molecule has 2 aromatic rings. The zero-order valence-corrected chi connectivity index (χ0v) is 15.9. The van der Waals surface area contributed by atoms with Crippen LogP contribution in [0, 0.1) is 11.3 Å². The van der Waals surface area contributed by atoms with Crippen molar-refractivity contribution in [2.45, 2.75) is 39.0 Å². The van der Waals surface area contributed by atoms with Crippen LogP contribution >= 0.6 is 11.8 Å². The molecule has 25 heavy (non-hydrogen) atoms. The Bertz CT molecular complexity index is 831. The monoisotopic (exact) mass is 352 g/mol. The molecule has 2 heterocycles. The van der Waals surface area contributed by atoms with Gasteiger partial charge in [-0.3, -0.25) is 4.79 Å². The molecule has 3 heteroatoms. The van der Waals surface area contributed by atoms with Crippen molar-refractivity contribution in [1.82, 2.24) is 0 Å². The average Bonchev–Trinajstić information content (AvgIpc) is 3.05. The molecule has 0 amide bonds. The molecule has 0 spiro atoms. The van der Waals surface area contributed by atoms with Gasteiger partial charge >= 0.3 is 0 Å². The second kappa shape index (κ2) is 5.91. The van der Waals surface area contributed by atoms with Crippen molar-refractivity contribution in [2.75, 3.05) is 5.75 Å². The standard InChI is InChI=1S/C22H24O2S/c1-21(2)19(12-16-9-10-25-20(16)23)22(21,3)17-13-18(24-14-17)11-15-7-5-4-6-8-15/h4-8,12-14,19H,9-11H2,1-3H3/b16-12+/t19-,22+/m0/s1. The first-order valence-electron chi connectivity index (χ1n) is 8.92. The summed E-state index contributed by atoms with van der Waals surface area (Å²) in [6.45, 7) is 6.90. The normalized spacial score (nSPS) is 29.3. The summed E-state index contributed by atoms with van der Waals surface area (Å²) in [5.74, 6) is 2.32. The lowest BCUT2D eigenvalue weighted by Crippen LogP contribution is -2.08. The number of hydrogen-bond donors (Lipinski definition) is 0. The number of carbonyl (C=O) groups excluding carboxylic acids is 1. The molecule has 2 atom stereocenters. The lowest BCUT2D eigenvalue weighted by atomic mass is 9.91. The summed E-state index contributed by atoms with van der Waals surface area (Å²) in [7, 11) is 0. The van der Waals surface area contributed by atoms with E-state index in [1.807, 2.05) is 12.3 Å². The third-order valence-electron chi connectivity index (χ3n) is 6.36. The number of furan rings is 1. The van der Waals surface area contributed by atoms with Crippen molar-refractivity contribution in [1.29, 1.82) is 0 Å². The molecule has 1 aliphatic heterocycles. The minimum absolute atomic E-state index is 0.0337. The molecule has 0 N–H and O–H groups in total. The van der Waals surface area contributed by atoms with Gasteiger partial charge in [0.2, 0.25) is 5.12 Å². The van der Waals surface area contributed by atoms with E-state index in [0.717, 1.165) is 29.9 Å². The van der Waals surface area contributed by atoms with Gasteiger partial charge in [0.15, 0.2) is 0 Å². The molecule has 0 radical (unpaired) electrons. The maximum atomic E-state index is 12.0. The fraction of sp³-hybridized carbons (Fsp3) is 0.409. The van der Waals surface area contributed by atoms with E-state index in [1.165, 1.54) is 22.9 Å². The molecule has 0 unspecified atom stereocenters. The quantitative estimate of drug-likeness (QED) is 0.693. The fourth-order valence-corrected chi connectivity index (χ4v) is 5.16. The highest BCUT2D eigenvalue weighted by atomic mass is 32.2. The van der Waals surface area contributed by atoms with Crippen molar-refractivity contribution >= 4 is 16.9 Å². The lowest BCUT2D eigenvalue weighted by molar-refractivity contribution is -0.107. The Kier molecular flexibility index (Phi) is 3.95. The largest absolute Gasteiger partial charge is 0.469 e. The second-order valence-corrected chi connectivity index (χ2v) is 9.01. The number of rotatable bonds is 4. The Labute approximate surface area is 153 Å². The molecule has 1 aromatic heterocycles.